The largest absolute Gasteiger partial charge is 0.496 e. The molecule has 0 radical (unpaired) electrons. The first-order valence-electron chi connectivity index (χ1n) is 6.05. The summed E-state index contributed by atoms with van der Waals surface area (Å²) in [5.74, 6) is 0.859. The van der Waals surface area contributed by atoms with Gasteiger partial charge >= 0.3 is 0 Å². The number of halogens is 1. The number of nitriles is 1. The molecule has 98 valence electrons. The average molecular weight is 267 g/mol. The third kappa shape index (κ3) is 4.21. The molecule has 1 atom stereocenters. The smallest absolute Gasteiger partial charge is 0.123 e. The SMILES string of the molecule is CCN(Cc1cc(Cl)ccc1OC)CC(C)C#N. The molecule has 0 fully saturated rings. The molecule has 0 saturated carbocycles. The van der Waals surface area contributed by atoms with Crippen LogP contribution >= 0.6 is 11.6 Å². The Labute approximate surface area is 114 Å². The van der Waals surface area contributed by atoms with Crippen LogP contribution in [0.25, 0.3) is 0 Å². The summed E-state index contributed by atoms with van der Waals surface area (Å²) in [4.78, 5) is 2.21. The van der Waals surface area contributed by atoms with Crippen LogP contribution in [-0.2, 0) is 6.54 Å². The summed E-state index contributed by atoms with van der Waals surface area (Å²) >= 11 is 6.01. The number of nitrogens with zero attached hydrogens (tertiary/aromatic N) is 2. The fourth-order valence-corrected chi connectivity index (χ4v) is 2.04. The van der Waals surface area contributed by atoms with E-state index >= 15 is 0 Å². The fraction of sp³-hybridized carbons (Fsp3) is 0.500. The van der Waals surface area contributed by atoms with Gasteiger partial charge in [-0.2, -0.15) is 5.26 Å². The monoisotopic (exact) mass is 266 g/mol. The second-order valence-electron chi connectivity index (χ2n) is 4.31. The lowest BCUT2D eigenvalue weighted by molar-refractivity contribution is 0.256. The van der Waals surface area contributed by atoms with Crippen LogP contribution in [0.5, 0.6) is 5.75 Å². The normalized spacial score (nSPS) is 12.2. The molecule has 0 spiro atoms. The summed E-state index contributed by atoms with van der Waals surface area (Å²) in [5, 5.41) is 9.57. The zero-order valence-corrected chi connectivity index (χ0v) is 11.9. The number of hydrogen-bond acceptors (Lipinski definition) is 3. The molecule has 1 rings (SSSR count). The molecule has 3 nitrogen and oxygen atoms in total. The first-order chi connectivity index (χ1) is 8.60. The molecule has 1 unspecified atom stereocenters. The van der Waals surface area contributed by atoms with Crippen LogP contribution < -0.4 is 4.74 Å². The zero-order valence-electron chi connectivity index (χ0n) is 11.1. The summed E-state index contributed by atoms with van der Waals surface area (Å²) in [6, 6.07) is 7.87. The Morgan fingerprint density at radius 2 is 2.22 bits per heavy atom. The maximum Gasteiger partial charge on any atom is 0.123 e. The van der Waals surface area contributed by atoms with E-state index in [1.54, 1.807) is 7.11 Å². The molecular formula is C14H19ClN2O. The topological polar surface area (TPSA) is 36.3 Å². The summed E-state index contributed by atoms with van der Waals surface area (Å²) < 4.78 is 5.33. The highest BCUT2D eigenvalue weighted by Gasteiger charge is 2.11. The van der Waals surface area contributed by atoms with E-state index in [1.807, 2.05) is 25.1 Å². The van der Waals surface area contributed by atoms with Crippen molar-refractivity contribution in [2.45, 2.75) is 20.4 Å². The molecule has 0 aliphatic carbocycles. The van der Waals surface area contributed by atoms with Gasteiger partial charge in [0.2, 0.25) is 0 Å². The Kier molecular flexibility index (Phi) is 5.97. The lowest BCUT2D eigenvalue weighted by Crippen LogP contribution is -2.27. The van der Waals surface area contributed by atoms with Gasteiger partial charge in [0.1, 0.15) is 5.75 Å². The van der Waals surface area contributed by atoms with Crippen LogP contribution in [0.4, 0.5) is 0 Å². The molecule has 0 bridgehead atoms. The van der Waals surface area contributed by atoms with Crippen LogP contribution in [0.3, 0.4) is 0 Å². The van der Waals surface area contributed by atoms with Crippen molar-refractivity contribution < 1.29 is 4.74 Å². The number of methoxy groups -OCH3 is 1. The van der Waals surface area contributed by atoms with Crippen molar-refractivity contribution in [2.75, 3.05) is 20.2 Å². The number of rotatable bonds is 6. The molecule has 1 aromatic carbocycles. The van der Waals surface area contributed by atoms with Gasteiger partial charge in [0.05, 0.1) is 19.1 Å². The van der Waals surface area contributed by atoms with Gasteiger partial charge < -0.3 is 4.74 Å². The van der Waals surface area contributed by atoms with Crippen LogP contribution in [-0.4, -0.2) is 25.1 Å². The average Bonchev–Trinajstić information content (AvgIpc) is 2.38. The minimum Gasteiger partial charge on any atom is -0.496 e. The maximum absolute atomic E-state index is 8.87. The minimum absolute atomic E-state index is 0.0233. The highest BCUT2D eigenvalue weighted by Crippen LogP contribution is 2.24. The van der Waals surface area contributed by atoms with E-state index in [0.717, 1.165) is 30.9 Å². The van der Waals surface area contributed by atoms with Crippen LogP contribution in [0.1, 0.15) is 19.4 Å². The molecule has 1 aromatic rings. The van der Waals surface area contributed by atoms with Crippen molar-refractivity contribution in [3.8, 4) is 11.8 Å². The molecule has 18 heavy (non-hydrogen) atoms. The van der Waals surface area contributed by atoms with Gasteiger partial charge in [-0.15, -0.1) is 0 Å². The summed E-state index contributed by atoms with van der Waals surface area (Å²) in [7, 11) is 1.65. The van der Waals surface area contributed by atoms with Crippen molar-refractivity contribution in [1.82, 2.24) is 4.90 Å². The van der Waals surface area contributed by atoms with Crippen molar-refractivity contribution in [3.63, 3.8) is 0 Å². The molecule has 0 saturated heterocycles. The Hall–Kier alpha value is -1.24. The Morgan fingerprint density at radius 3 is 2.78 bits per heavy atom. The summed E-state index contributed by atoms with van der Waals surface area (Å²) in [6.07, 6.45) is 0. The predicted molar refractivity (Wildman–Crippen MR) is 73.7 cm³/mol. The third-order valence-electron chi connectivity index (χ3n) is 2.84. The van der Waals surface area contributed by atoms with E-state index in [1.165, 1.54) is 0 Å². The second-order valence-corrected chi connectivity index (χ2v) is 4.75. The highest BCUT2D eigenvalue weighted by atomic mass is 35.5. The van der Waals surface area contributed by atoms with Crippen molar-refractivity contribution in [3.05, 3.63) is 28.8 Å². The predicted octanol–water partition coefficient (Wildman–Crippen LogP) is 3.33. The van der Waals surface area contributed by atoms with Crippen molar-refractivity contribution in [2.24, 2.45) is 5.92 Å². The Bertz CT molecular complexity index is 428. The molecule has 0 heterocycles. The van der Waals surface area contributed by atoms with Gasteiger partial charge in [-0.3, -0.25) is 4.90 Å². The van der Waals surface area contributed by atoms with Crippen LogP contribution in [0, 0.1) is 17.2 Å². The van der Waals surface area contributed by atoms with Crippen LogP contribution in [0.2, 0.25) is 5.02 Å². The molecule has 0 aromatic heterocycles. The number of ether oxygens (including phenoxy) is 1. The molecule has 0 aliphatic rings. The Morgan fingerprint density at radius 1 is 1.50 bits per heavy atom. The van der Waals surface area contributed by atoms with E-state index in [-0.39, 0.29) is 5.92 Å². The minimum atomic E-state index is 0.0233. The summed E-state index contributed by atoms with van der Waals surface area (Å²) in [5.41, 5.74) is 1.05. The standard InChI is InChI=1S/C14H19ClN2O/c1-4-17(9-11(2)8-16)10-12-7-13(15)5-6-14(12)18-3/h5-7,11H,4,9-10H2,1-3H3. The van der Waals surface area contributed by atoms with E-state index in [9.17, 15) is 0 Å². The molecule has 4 heteroatoms. The Balaban J connectivity index is 2.81. The van der Waals surface area contributed by atoms with Crippen LogP contribution in [0.15, 0.2) is 18.2 Å². The number of benzene rings is 1. The summed E-state index contributed by atoms with van der Waals surface area (Å²) in [6.45, 7) is 6.40. The van der Waals surface area contributed by atoms with E-state index in [0.29, 0.717) is 5.02 Å². The fourth-order valence-electron chi connectivity index (χ4n) is 1.85. The van der Waals surface area contributed by atoms with Gasteiger partial charge in [-0.1, -0.05) is 18.5 Å². The van der Waals surface area contributed by atoms with E-state index in [2.05, 4.69) is 17.9 Å². The van der Waals surface area contributed by atoms with Crippen molar-refractivity contribution in [1.29, 1.82) is 5.26 Å². The van der Waals surface area contributed by atoms with E-state index in [4.69, 9.17) is 21.6 Å². The molecule has 0 amide bonds. The maximum atomic E-state index is 8.87. The highest BCUT2D eigenvalue weighted by molar-refractivity contribution is 6.30. The molecular weight excluding hydrogens is 248 g/mol. The molecule has 0 N–H and O–H groups in total. The van der Waals surface area contributed by atoms with Crippen molar-refractivity contribution >= 4 is 11.6 Å². The van der Waals surface area contributed by atoms with E-state index < -0.39 is 0 Å². The first-order valence-corrected chi connectivity index (χ1v) is 6.42. The van der Waals surface area contributed by atoms with Gasteiger partial charge in [0.15, 0.2) is 0 Å². The quantitative estimate of drug-likeness (QED) is 0.792. The van der Waals surface area contributed by atoms with Gasteiger partial charge in [0, 0.05) is 23.7 Å². The first kappa shape index (κ1) is 14.8. The van der Waals surface area contributed by atoms with Gasteiger partial charge in [-0.05, 0) is 31.7 Å². The second kappa shape index (κ2) is 7.25. The molecule has 0 aliphatic heterocycles. The third-order valence-corrected chi connectivity index (χ3v) is 3.07. The lowest BCUT2D eigenvalue weighted by atomic mass is 10.1. The lowest BCUT2D eigenvalue weighted by Gasteiger charge is -2.22. The van der Waals surface area contributed by atoms with Gasteiger partial charge in [0.25, 0.3) is 0 Å². The van der Waals surface area contributed by atoms with Gasteiger partial charge in [-0.25, -0.2) is 0 Å². The zero-order chi connectivity index (χ0) is 13.5. The number of hydrogen-bond donors (Lipinski definition) is 0.